The highest BCUT2D eigenvalue weighted by Gasteiger charge is 2.15. The molecule has 1 heterocycles. The summed E-state index contributed by atoms with van der Waals surface area (Å²) in [5.41, 5.74) is 1.42. The molecule has 0 radical (unpaired) electrons. The van der Waals surface area contributed by atoms with Crippen molar-refractivity contribution in [3.05, 3.63) is 58.0 Å². The molecule has 0 saturated carbocycles. The number of carbonyl (C=O) groups is 1. The van der Waals surface area contributed by atoms with Gasteiger partial charge >= 0.3 is 5.97 Å². The van der Waals surface area contributed by atoms with Gasteiger partial charge < -0.3 is 10.1 Å². The Morgan fingerprint density at radius 2 is 1.82 bits per heavy atom. The Morgan fingerprint density at radius 1 is 1.18 bits per heavy atom. The van der Waals surface area contributed by atoms with Crippen LogP contribution in [0.4, 0.5) is 0 Å². The second-order valence-corrected chi connectivity index (χ2v) is 3.77. The quantitative estimate of drug-likeness (QED) is 0.827. The van der Waals surface area contributed by atoms with E-state index in [1.54, 1.807) is 18.2 Å². The zero-order valence-corrected chi connectivity index (χ0v) is 9.23. The van der Waals surface area contributed by atoms with Crippen LogP contribution in [0.15, 0.2) is 41.3 Å². The van der Waals surface area contributed by atoms with Crippen LogP contribution in [0.5, 0.6) is 0 Å². The van der Waals surface area contributed by atoms with Crippen molar-refractivity contribution in [1.82, 2.24) is 4.98 Å². The summed E-state index contributed by atoms with van der Waals surface area (Å²) >= 11 is 0. The minimum atomic E-state index is -1.22. The minimum absolute atomic E-state index is 0.226. The van der Waals surface area contributed by atoms with Crippen molar-refractivity contribution in [2.45, 2.75) is 6.92 Å². The van der Waals surface area contributed by atoms with Crippen LogP contribution in [0, 0.1) is 6.92 Å². The molecule has 2 aromatic rings. The summed E-state index contributed by atoms with van der Waals surface area (Å²) in [7, 11) is 0. The van der Waals surface area contributed by atoms with Gasteiger partial charge in [-0.15, -0.1) is 0 Å². The number of pyridine rings is 1. The average molecular weight is 229 g/mol. The van der Waals surface area contributed by atoms with E-state index >= 15 is 0 Å². The monoisotopic (exact) mass is 229 g/mol. The van der Waals surface area contributed by atoms with E-state index in [0.717, 1.165) is 11.1 Å². The van der Waals surface area contributed by atoms with E-state index in [2.05, 4.69) is 4.98 Å². The summed E-state index contributed by atoms with van der Waals surface area (Å²) in [6, 6.07) is 8.95. The van der Waals surface area contributed by atoms with Crippen molar-refractivity contribution in [2.75, 3.05) is 0 Å². The van der Waals surface area contributed by atoms with Gasteiger partial charge in [0.25, 0.3) is 5.56 Å². The molecule has 0 amide bonds. The normalized spacial score (nSPS) is 10.2. The molecule has 4 heteroatoms. The highest BCUT2D eigenvalue weighted by atomic mass is 16.4. The van der Waals surface area contributed by atoms with Crippen molar-refractivity contribution in [2.24, 2.45) is 0 Å². The molecule has 0 atom stereocenters. The molecule has 0 aliphatic carbocycles. The Kier molecular flexibility index (Phi) is 2.78. The van der Waals surface area contributed by atoms with Gasteiger partial charge in [-0.3, -0.25) is 4.79 Å². The van der Waals surface area contributed by atoms with E-state index in [-0.39, 0.29) is 5.56 Å². The molecule has 0 bridgehead atoms. The lowest BCUT2D eigenvalue weighted by atomic mass is 10.0. The first-order valence-corrected chi connectivity index (χ1v) is 5.11. The number of H-pyrrole nitrogens is 1. The van der Waals surface area contributed by atoms with Crippen LogP contribution in [-0.2, 0) is 0 Å². The highest BCUT2D eigenvalue weighted by molar-refractivity contribution is 5.95. The second-order valence-electron chi connectivity index (χ2n) is 3.77. The Hall–Kier alpha value is -2.36. The first-order chi connectivity index (χ1) is 8.09. The molecular weight excluding hydrogens is 218 g/mol. The number of aromatic carboxylic acids is 1. The number of carboxylic acids is 1. The topological polar surface area (TPSA) is 70.2 Å². The molecule has 0 fully saturated rings. The van der Waals surface area contributed by atoms with E-state index in [0.29, 0.717) is 5.56 Å². The van der Waals surface area contributed by atoms with Crippen LogP contribution in [0.3, 0.4) is 0 Å². The van der Waals surface area contributed by atoms with E-state index in [9.17, 15) is 9.59 Å². The maximum atomic E-state index is 11.5. The van der Waals surface area contributed by atoms with Gasteiger partial charge in [0.15, 0.2) is 0 Å². The van der Waals surface area contributed by atoms with E-state index < -0.39 is 11.5 Å². The third-order valence-electron chi connectivity index (χ3n) is 2.54. The van der Waals surface area contributed by atoms with Crippen LogP contribution >= 0.6 is 0 Å². The molecule has 0 aliphatic rings. The number of aromatic amines is 1. The van der Waals surface area contributed by atoms with E-state index in [1.807, 2.05) is 19.1 Å². The molecule has 0 saturated heterocycles. The Labute approximate surface area is 97.6 Å². The van der Waals surface area contributed by atoms with Crippen LogP contribution in [0.25, 0.3) is 11.1 Å². The molecule has 0 unspecified atom stereocenters. The number of aromatic nitrogens is 1. The molecule has 1 aromatic heterocycles. The fourth-order valence-electron chi connectivity index (χ4n) is 1.66. The molecule has 2 N–H and O–H groups in total. The number of rotatable bonds is 2. The lowest BCUT2D eigenvalue weighted by Crippen LogP contribution is -2.18. The van der Waals surface area contributed by atoms with Crippen LogP contribution in [0.1, 0.15) is 15.9 Å². The summed E-state index contributed by atoms with van der Waals surface area (Å²) in [5, 5.41) is 9.04. The Morgan fingerprint density at radius 3 is 2.41 bits per heavy atom. The number of carboxylic acid groups (broad SMARTS) is 1. The molecule has 0 spiro atoms. The van der Waals surface area contributed by atoms with Crippen molar-refractivity contribution in [3.8, 4) is 11.1 Å². The standard InChI is InChI=1S/C13H11NO3/c1-8-2-4-9(5-3-8)10-6-7-14-12(15)11(10)13(16)17/h2-7H,1H3,(H,14,15)(H,16,17). The van der Waals surface area contributed by atoms with Crippen LogP contribution < -0.4 is 5.56 Å². The fraction of sp³-hybridized carbons (Fsp3) is 0.0769. The first kappa shape index (κ1) is 11.1. The third kappa shape index (κ3) is 2.10. The third-order valence-corrected chi connectivity index (χ3v) is 2.54. The Bertz CT molecular complexity index is 611. The fourth-order valence-corrected chi connectivity index (χ4v) is 1.66. The SMILES string of the molecule is Cc1ccc(-c2cc[nH]c(=O)c2C(=O)O)cc1. The summed E-state index contributed by atoms with van der Waals surface area (Å²) in [6.07, 6.45) is 1.45. The van der Waals surface area contributed by atoms with Gasteiger partial charge in [0, 0.05) is 11.8 Å². The van der Waals surface area contributed by atoms with Crippen molar-refractivity contribution < 1.29 is 9.90 Å². The van der Waals surface area contributed by atoms with Gasteiger partial charge in [-0.05, 0) is 18.6 Å². The first-order valence-electron chi connectivity index (χ1n) is 5.11. The lowest BCUT2D eigenvalue weighted by Gasteiger charge is -2.05. The van der Waals surface area contributed by atoms with Gasteiger partial charge in [-0.25, -0.2) is 4.79 Å². The lowest BCUT2D eigenvalue weighted by molar-refractivity contribution is 0.0696. The van der Waals surface area contributed by atoms with Gasteiger partial charge in [0.1, 0.15) is 5.56 Å². The van der Waals surface area contributed by atoms with Crippen LogP contribution in [0.2, 0.25) is 0 Å². The number of aryl methyl sites for hydroxylation is 1. The summed E-state index contributed by atoms with van der Waals surface area (Å²) < 4.78 is 0. The van der Waals surface area contributed by atoms with E-state index in [1.165, 1.54) is 6.20 Å². The summed E-state index contributed by atoms with van der Waals surface area (Å²) in [4.78, 5) is 24.9. The van der Waals surface area contributed by atoms with Gasteiger partial charge in [0.05, 0.1) is 0 Å². The summed E-state index contributed by atoms with van der Waals surface area (Å²) in [6.45, 7) is 1.94. The zero-order chi connectivity index (χ0) is 12.4. The average Bonchev–Trinajstić information content (AvgIpc) is 2.29. The second kappa shape index (κ2) is 4.25. The van der Waals surface area contributed by atoms with Crippen molar-refractivity contribution >= 4 is 5.97 Å². The number of hydrogen-bond donors (Lipinski definition) is 2. The van der Waals surface area contributed by atoms with Crippen LogP contribution in [-0.4, -0.2) is 16.1 Å². The molecule has 4 nitrogen and oxygen atoms in total. The predicted octanol–water partition coefficient (Wildman–Crippen LogP) is 2.05. The minimum Gasteiger partial charge on any atom is -0.477 e. The molecule has 17 heavy (non-hydrogen) atoms. The van der Waals surface area contributed by atoms with Gasteiger partial charge in [0.2, 0.25) is 0 Å². The highest BCUT2D eigenvalue weighted by Crippen LogP contribution is 2.21. The molecule has 0 aliphatic heterocycles. The maximum Gasteiger partial charge on any atom is 0.341 e. The molecule has 86 valence electrons. The maximum absolute atomic E-state index is 11.5. The van der Waals surface area contributed by atoms with E-state index in [4.69, 9.17) is 5.11 Å². The van der Waals surface area contributed by atoms with Gasteiger partial charge in [-0.2, -0.15) is 0 Å². The Balaban J connectivity index is 2.67. The number of nitrogens with one attached hydrogen (secondary N) is 1. The predicted molar refractivity (Wildman–Crippen MR) is 64.2 cm³/mol. The summed E-state index contributed by atoms with van der Waals surface area (Å²) in [5.74, 6) is -1.22. The largest absolute Gasteiger partial charge is 0.477 e. The molecular formula is C13H11NO3. The zero-order valence-electron chi connectivity index (χ0n) is 9.23. The number of hydrogen-bond acceptors (Lipinski definition) is 2. The smallest absolute Gasteiger partial charge is 0.341 e. The van der Waals surface area contributed by atoms with Gasteiger partial charge in [-0.1, -0.05) is 29.8 Å². The molecule has 2 rings (SSSR count). The number of benzene rings is 1. The molecule has 1 aromatic carbocycles. The van der Waals surface area contributed by atoms with Crippen molar-refractivity contribution in [1.29, 1.82) is 0 Å². The van der Waals surface area contributed by atoms with Crippen molar-refractivity contribution in [3.63, 3.8) is 0 Å².